The molecule has 12 heavy (non-hydrogen) atoms. The zero-order chi connectivity index (χ0) is 9.23. The fourth-order valence-corrected chi connectivity index (χ4v) is 0.904. The molecule has 2 atom stereocenters. The fraction of sp³-hybridized carbons (Fsp3) is 0.875. The van der Waals surface area contributed by atoms with E-state index in [1.807, 2.05) is 20.8 Å². The normalized spacial score (nSPS) is 16.1. The number of nitrogens with two attached hydrogens (primary N) is 1. The lowest BCUT2D eigenvalue weighted by Gasteiger charge is -2.29. The Labute approximate surface area is 79.7 Å². The Hall–Kier alpha value is -0.280. The van der Waals surface area contributed by atoms with Gasteiger partial charge >= 0.3 is 5.97 Å². The van der Waals surface area contributed by atoms with Crippen molar-refractivity contribution in [3.63, 3.8) is 0 Å². The first-order chi connectivity index (χ1) is 4.76. The van der Waals surface area contributed by atoms with Crippen molar-refractivity contribution in [1.29, 1.82) is 0 Å². The van der Waals surface area contributed by atoms with Gasteiger partial charge in [0, 0.05) is 6.04 Å². The van der Waals surface area contributed by atoms with E-state index < -0.39 is 11.9 Å². The molecule has 3 N–H and O–H groups in total. The van der Waals surface area contributed by atoms with E-state index in [0.717, 1.165) is 0 Å². The maximum atomic E-state index is 10.5. The number of carboxylic acids is 1. The number of aliphatic carboxylic acids is 1. The van der Waals surface area contributed by atoms with Crippen LogP contribution in [0.3, 0.4) is 0 Å². The van der Waals surface area contributed by atoms with Crippen molar-refractivity contribution in [2.45, 2.75) is 33.7 Å². The number of hydrogen-bond donors (Lipinski definition) is 2. The van der Waals surface area contributed by atoms with Gasteiger partial charge in [0.25, 0.3) is 0 Å². The van der Waals surface area contributed by atoms with Crippen LogP contribution in [-0.2, 0) is 4.79 Å². The van der Waals surface area contributed by atoms with Gasteiger partial charge in [-0.05, 0) is 5.41 Å². The van der Waals surface area contributed by atoms with Crippen molar-refractivity contribution in [1.82, 2.24) is 0 Å². The monoisotopic (exact) mass is 195 g/mol. The van der Waals surface area contributed by atoms with Crippen LogP contribution in [-0.4, -0.2) is 17.1 Å². The summed E-state index contributed by atoms with van der Waals surface area (Å²) in [4.78, 5) is 10.5. The van der Waals surface area contributed by atoms with Crippen molar-refractivity contribution < 1.29 is 9.90 Å². The average Bonchev–Trinajstić information content (AvgIpc) is 1.82. The van der Waals surface area contributed by atoms with Crippen molar-refractivity contribution in [3.8, 4) is 0 Å². The average molecular weight is 196 g/mol. The Kier molecular flexibility index (Phi) is 5.55. The standard InChI is InChI=1S/C8H17NO2.ClH/c1-5(7(10)11)6(9)8(2,3)4;/h5-6H,9H2,1-4H3,(H,10,11);1H/t5-,6-;/m0./s1. The van der Waals surface area contributed by atoms with Crippen LogP contribution < -0.4 is 5.73 Å². The second-order valence-corrected chi connectivity index (χ2v) is 4.02. The van der Waals surface area contributed by atoms with Gasteiger partial charge in [-0.15, -0.1) is 12.4 Å². The first-order valence-electron chi connectivity index (χ1n) is 3.75. The SMILES string of the molecule is C[C@H](C(=O)O)[C@H](N)C(C)(C)C.Cl. The van der Waals surface area contributed by atoms with E-state index in [1.54, 1.807) is 6.92 Å². The van der Waals surface area contributed by atoms with Gasteiger partial charge in [0.2, 0.25) is 0 Å². The molecule has 0 aromatic rings. The highest BCUT2D eigenvalue weighted by atomic mass is 35.5. The van der Waals surface area contributed by atoms with Gasteiger partial charge in [0.15, 0.2) is 0 Å². The second kappa shape index (κ2) is 4.67. The van der Waals surface area contributed by atoms with Gasteiger partial charge in [0.05, 0.1) is 5.92 Å². The molecule has 0 aliphatic rings. The summed E-state index contributed by atoms with van der Waals surface area (Å²) < 4.78 is 0. The number of carbonyl (C=O) groups is 1. The summed E-state index contributed by atoms with van der Waals surface area (Å²) in [5.41, 5.74) is 5.57. The Morgan fingerprint density at radius 3 is 1.83 bits per heavy atom. The van der Waals surface area contributed by atoms with Crippen molar-refractivity contribution in [3.05, 3.63) is 0 Å². The molecule has 0 bridgehead atoms. The summed E-state index contributed by atoms with van der Waals surface area (Å²) in [6.45, 7) is 7.46. The first kappa shape index (κ1) is 14.3. The molecule has 74 valence electrons. The highest BCUT2D eigenvalue weighted by molar-refractivity contribution is 5.85. The van der Waals surface area contributed by atoms with Gasteiger partial charge in [-0.1, -0.05) is 27.7 Å². The Balaban J connectivity index is 0. The zero-order valence-corrected chi connectivity index (χ0v) is 8.81. The van der Waals surface area contributed by atoms with Crippen LogP contribution in [0.2, 0.25) is 0 Å². The van der Waals surface area contributed by atoms with Gasteiger partial charge in [-0.3, -0.25) is 4.79 Å². The molecule has 0 aliphatic carbocycles. The van der Waals surface area contributed by atoms with Crippen LogP contribution in [0, 0.1) is 11.3 Å². The van der Waals surface area contributed by atoms with Gasteiger partial charge in [0.1, 0.15) is 0 Å². The topological polar surface area (TPSA) is 63.3 Å². The predicted molar refractivity (Wildman–Crippen MR) is 51.5 cm³/mol. The number of rotatable bonds is 2. The molecular weight excluding hydrogens is 178 g/mol. The maximum Gasteiger partial charge on any atom is 0.307 e. The summed E-state index contributed by atoms with van der Waals surface area (Å²) in [6.07, 6.45) is 0. The second-order valence-electron chi connectivity index (χ2n) is 4.02. The van der Waals surface area contributed by atoms with Crippen LogP contribution in [0.15, 0.2) is 0 Å². The lowest BCUT2D eigenvalue weighted by Crippen LogP contribution is -2.43. The molecular formula is C8H18ClNO2. The molecule has 0 saturated carbocycles. The molecule has 0 aromatic carbocycles. The lowest BCUT2D eigenvalue weighted by molar-refractivity contribution is -0.142. The third-order valence-corrected chi connectivity index (χ3v) is 1.93. The van der Waals surface area contributed by atoms with Crippen LogP contribution in [0.4, 0.5) is 0 Å². The van der Waals surface area contributed by atoms with E-state index >= 15 is 0 Å². The minimum absolute atomic E-state index is 0. The molecule has 0 heterocycles. The number of halogens is 1. The molecule has 0 aliphatic heterocycles. The van der Waals surface area contributed by atoms with Gasteiger partial charge in [-0.25, -0.2) is 0 Å². The third kappa shape index (κ3) is 3.93. The molecule has 4 heteroatoms. The molecule has 0 radical (unpaired) electrons. The van der Waals surface area contributed by atoms with Gasteiger partial charge < -0.3 is 10.8 Å². The summed E-state index contributed by atoms with van der Waals surface area (Å²) in [6, 6.07) is -0.292. The summed E-state index contributed by atoms with van der Waals surface area (Å²) in [5.74, 6) is -1.30. The molecule has 0 rings (SSSR count). The van der Waals surface area contributed by atoms with Crippen molar-refractivity contribution in [2.24, 2.45) is 17.1 Å². The van der Waals surface area contributed by atoms with Crippen LogP contribution in [0.25, 0.3) is 0 Å². The fourth-order valence-electron chi connectivity index (χ4n) is 0.904. The Morgan fingerprint density at radius 1 is 1.42 bits per heavy atom. The zero-order valence-electron chi connectivity index (χ0n) is 8.00. The molecule has 0 amide bonds. The smallest absolute Gasteiger partial charge is 0.307 e. The molecule has 0 fully saturated rings. The van der Waals surface area contributed by atoms with E-state index in [9.17, 15) is 4.79 Å². The largest absolute Gasteiger partial charge is 0.481 e. The minimum atomic E-state index is -0.826. The molecule has 0 aromatic heterocycles. The van der Waals surface area contributed by atoms with Gasteiger partial charge in [-0.2, -0.15) is 0 Å². The van der Waals surface area contributed by atoms with Crippen LogP contribution >= 0.6 is 12.4 Å². The molecule has 0 saturated heterocycles. The van der Waals surface area contributed by atoms with E-state index in [2.05, 4.69) is 0 Å². The van der Waals surface area contributed by atoms with Crippen molar-refractivity contribution >= 4 is 18.4 Å². The Bertz CT molecular complexity index is 154. The number of hydrogen-bond acceptors (Lipinski definition) is 2. The quantitative estimate of drug-likeness (QED) is 0.702. The van der Waals surface area contributed by atoms with E-state index in [1.165, 1.54) is 0 Å². The van der Waals surface area contributed by atoms with E-state index in [0.29, 0.717) is 0 Å². The van der Waals surface area contributed by atoms with Crippen LogP contribution in [0.1, 0.15) is 27.7 Å². The maximum absolute atomic E-state index is 10.5. The highest BCUT2D eigenvalue weighted by Gasteiger charge is 2.29. The van der Waals surface area contributed by atoms with Crippen molar-refractivity contribution in [2.75, 3.05) is 0 Å². The Morgan fingerprint density at radius 2 is 1.75 bits per heavy atom. The number of carboxylic acid groups (broad SMARTS) is 1. The predicted octanol–water partition coefficient (Wildman–Crippen LogP) is 1.50. The molecule has 3 nitrogen and oxygen atoms in total. The lowest BCUT2D eigenvalue weighted by atomic mass is 9.80. The molecule has 0 spiro atoms. The summed E-state index contributed by atoms with van der Waals surface area (Å²) >= 11 is 0. The minimum Gasteiger partial charge on any atom is -0.481 e. The highest BCUT2D eigenvalue weighted by Crippen LogP contribution is 2.23. The van der Waals surface area contributed by atoms with Crippen LogP contribution in [0.5, 0.6) is 0 Å². The first-order valence-corrected chi connectivity index (χ1v) is 3.75. The summed E-state index contributed by atoms with van der Waals surface area (Å²) in [5, 5.41) is 8.64. The third-order valence-electron chi connectivity index (χ3n) is 1.93. The summed E-state index contributed by atoms with van der Waals surface area (Å²) in [7, 11) is 0. The molecule has 0 unspecified atom stereocenters. The van der Waals surface area contributed by atoms with E-state index in [-0.39, 0.29) is 23.9 Å². The van der Waals surface area contributed by atoms with E-state index in [4.69, 9.17) is 10.8 Å².